The lowest BCUT2D eigenvalue weighted by atomic mass is 10.0. The van der Waals surface area contributed by atoms with Crippen LogP contribution in [0.15, 0.2) is 0 Å². The Kier molecular flexibility index (Phi) is 3.87. The molecular weight excluding hydrogens is 236 g/mol. The summed E-state index contributed by atoms with van der Waals surface area (Å²) in [7, 11) is 1.64. The maximum atomic E-state index is 12.2. The number of rotatable bonds is 3. The molecule has 2 fully saturated rings. The number of nitrogens with one attached hydrogen (secondary N) is 1. The fraction of sp³-hybridized carbons (Fsp3) is 0.833. The highest BCUT2D eigenvalue weighted by atomic mass is 16.5. The number of carbonyl (C=O) groups excluding carboxylic acids is 2. The summed E-state index contributed by atoms with van der Waals surface area (Å²) < 4.78 is 10.9. The van der Waals surface area contributed by atoms with Gasteiger partial charge in [-0.3, -0.25) is 9.59 Å². The van der Waals surface area contributed by atoms with Gasteiger partial charge < -0.3 is 19.7 Å². The van der Waals surface area contributed by atoms with Crippen molar-refractivity contribution >= 4 is 11.8 Å². The van der Waals surface area contributed by atoms with Gasteiger partial charge in [-0.15, -0.1) is 0 Å². The first-order chi connectivity index (χ1) is 8.56. The second-order valence-electron chi connectivity index (χ2n) is 4.99. The minimum Gasteiger partial charge on any atom is -0.378 e. The number of ether oxygens (including phenoxy) is 2. The Hall–Kier alpha value is -1.14. The molecule has 0 bridgehead atoms. The minimum absolute atomic E-state index is 0.0517. The Morgan fingerprint density at radius 2 is 2.33 bits per heavy atom. The van der Waals surface area contributed by atoms with E-state index in [0.29, 0.717) is 32.7 Å². The van der Waals surface area contributed by atoms with Crippen LogP contribution in [0.3, 0.4) is 0 Å². The van der Waals surface area contributed by atoms with Crippen LogP contribution in [0.4, 0.5) is 0 Å². The number of hydrogen-bond acceptors (Lipinski definition) is 4. The first-order valence-electron chi connectivity index (χ1n) is 6.27. The minimum atomic E-state index is -0.462. The van der Waals surface area contributed by atoms with Gasteiger partial charge in [-0.05, 0) is 6.92 Å². The molecule has 2 heterocycles. The number of hydrogen-bond donors (Lipinski definition) is 1. The molecule has 6 heteroatoms. The Morgan fingerprint density at radius 1 is 1.56 bits per heavy atom. The van der Waals surface area contributed by atoms with Crippen LogP contribution in [0.2, 0.25) is 0 Å². The van der Waals surface area contributed by atoms with Crippen LogP contribution in [0, 0.1) is 0 Å². The molecule has 2 atom stereocenters. The van der Waals surface area contributed by atoms with Crippen LogP contribution in [-0.2, 0) is 19.1 Å². The summed E-state index contributed by atoms with van der Waals surface area (Å²) >= 11 is 0. The van der Waals surface area contributed by atoms with Crippen molar-refractivity contribution in [1.82, 2.24) is 10.2 Å². The van der Waals surface area contributed by atoms with Gasteiger partial charge in [-0.25, -0.2) is 0 Å². The van der Waals surface area contributed by atoms with Gasteiger partial charge in [0.15, 0.2) is 0 Å². The van der Waals surface area contributed by atoms with Gasteiger partial charge >= 0.3 is 0 Å². The molecule has 2 aliphatic heterocycles. The highest BCUT2D eigenvalue weighted by Crippen LogP contribution is 2.24. The lowest BCUT2D eigenvalue weighted by molar-refractivity contribution is -0.137. The summed E-state index contributed by atoms with van der Waals surface area (Å²) in [6.07, 6.45) is 1.12. The summed E-state index contributed by atoms with van der Waals surface area (Å²) in [5.74, 6) is -0.128. The summed E-state index contributed by atoms with van der Waals surface area (Å²) in [5.41, 5.74) is -0.414. The predicted molar refractivity (Wildman–Crippen MR) is 64.0 cm³/mol. The SMILES string of the molecule is COC1(CN2CCC(=O)NC(C)C2=O)CCOC1. The summed E-state index contributed by atoms with van der Waals surface area (Å²) in [4.78, 5) is 25.3. The average Bonchev–Trinajstić information content (AvgIpc) is 2.78. The maximum Gasteiger partial charge on any atom is 0.244 e. The van der Waals surface area contributed by atoms with E-state index in [4.69, 9.17) is 9.47 Å². The molecule has 0 radical (unpaired) electrons. The lowest BCUT2D eigenvalue weighted by Crippen LogP contribution is -2.50. The van der Waals surface area contributed by atoms with Crippen molar-refractivity contribution < 1.29 is 19.1 Å². The zero-order chi connectivity index (χ0) is 13.2. The van der Waals surface area contributed by atoms with Crippen LogP contribution in [0.5, 0.6) is 0 Å². The summed E-state index contributed by atoms with van der Waals surface area (Å²) in [6, 6.07) is -0.462. The summed E-state index contributed by atoms with van der Waals surface area (Å²) in [5, 5.41) is 2.67. The normalized spacial score (nSPS) is 33.4. The van der Waals surface area contributed by atoms with E-state index in [1.807, 2.05) is 0 Å². The highest BCUT2D eigenvalue weighted by molar-refractivity contribution is 5.89. The van der Waals surface area contributed by atoms with Crippen molar-refractivity contribution in [3.63, 3.8) is 0 Å². The largest absolute Gasteiger partial charge is 0.378 e. The molecule has 2 saturated heterocycles. The number of methoxy groups -OCH3 is 1. The van der Waals surface area contributed by atoms with Gasteiger partial charge in [0.1, 0.15) is 11.6 Å². The van der Waals surface area contributed by atoms with Crippen LogP contribution in [-0.4, -0.2) is 61.8 Å². The molecule has 2 aliphatic rings. The average molecular weight is 256 g/mol. The molecule has 102 valence electrons. The van der Waals surface area contributed by atoms with Crippen molar-refractivity contribution in [2.75, 3.05) is 33.4 Å². The second-order valence-corrected chi connectivity index (χ2v) is 4.99. The third-order valence-electron chi connectivity index (χ3n) is 3.65. The van der Waals surface area contributed by atoms with Gasteiger partial charge in [0.05, 0.1) is 13.2 Å². The molecule has 2 amide bonds. The number of amides is 2. The molecule has 0 aliphatic carbocycles. The van der Waals surface area contributed by atoms with Crippen LogP contribution in [0.1, 0.15) is 19.8 Å². The van der Waals surface area contributed by atoms with E-state index in [-0.39, 0.29) is 11.8 Å². The van der Waals surface area contributed by atoms with Crippen molar-refractivity contribution in [3.05, 3.63) is 0 Å². The Labute approximate surface area is 107 Å². The van der Waals surface area contributed by atoms with Gasteiger partial charge in [-0.2, -0.15) is 0 Å². The Morgan fingerprint density at radius 3 is 2.94 bits per heavy atom. The Balaban J connectivity index is 2.06. The van der Waals surface area contributed by atoms with Crippen LogP contribution < -0.4 is 5.32 Å². The standard InChI is InChI=1S/C12H20N2O4/c1-9-11(16)14(5-3-10(15)13-9)7-12(17-2)4-6-18-8-12/h9H,3-8H2,1-2H3,(H,13,15). The Bertz CT molecular complexity index is 339. The van der Waals surface area contributed by atoms with Crippen molar-refractivity contribution in [3.8, 4) is 0 Å². The second kappa shape index (κ2) is 5.24. The zero-order valence-electron chi connectivity index (χ0n) is 10.9. The predicted octanol–water partition coefficient (Wildman–Crippen LogP) is -0.471. The van der Waals surface area contributed by atoms with Gasteiger partial charge in [-0.1, -0.05) is 0 Å². The van der Waals surface area contributed by atoms with E-state index in [2.05, 4.69) is 5.32 Å². The van der Waals surface area contributed by atoms with Gasteiger partial charge in [0, 0.05) is 33.1 Å². The third kappa shape index (κ3) is 2.64. The lowest BCUT2D eigenvalue weighted by Gasteiger charge is -2.33. The maximum absolute atomic E-state index is 12.2. The molecule has 0 aromatic carbocycles. The van der Waals surface area contributed by atoms with E-state index < -0.39 is 11.6 Å². The molecule has 0 spiro atoms. The zero-order valence-corrected chi connectivity index (χ0v) is 10.9. The van der Waals surface area contributed by atoms with Gasteiger partial charge in [0.25, 0.3) is 0 Å². The molecule has 18 heavy (non-hydrogen) atoms. The van der Waals surface area contributed by atoms with E-state index in [1.54, 1.807) is 18.9 Å². The van der Waals surface area contributed by atoms with E-state index >= 15 is 0 Å². The number of carbonyl (C=O) groups is 2. The van der Waals surface area contributed by atoms with E-state index in [9.17, 15) is 9.59 Å². The molecular formula is C12H20N2O4. The van der Waals surface area contributed by atoms with Crippen molar-refractivity contribution in [2.45, 2.75) is 31.4 Å². The van der Waals surface area contributed by atoms with Crippen molar-refractivity contribution in [1.29, 1.82) is 0 Å². The third-order valence-corrected chi connectivity index (χ3v) is 3.65. The smallest absolute Gasteiger partial charge is 0.244 e. The van der Waals surface area contributed by atoms with Crippen molar-refractivity contribution in [2.24, 2.45) is 0 Å². The molecule has 2 unspecified atom stereocenters. The molecule has 0 saturated carbocycles. The first-order valence-corrected chi connectivity index (χ1v) is 6.27. The fourth-order valence-corrected chi connectivity index (χ4v) is 2.44. The fourth-order valence-electron chi connectivity index (χ4n) is 2.44. The molecule has 0 aromatic heterocycles. The molecule has 1 N–H and O–H groups in total. The number of nitrogens with zero attached hydrogens (tertiary/aromatic N) is 1. The van der Waals surface area contributed by atoms with Crippen LogP contribution >= 0.6 is 0 Å². The van der Waals surface area contributed by atoms with E-state index in [1.165, 1.54) is 0 Å². The monoisotopic (exact) mass is 256 g/mol. The quantitative estimate of drug-likeness (QED) is 0.741. The molecule has 0 aromatic rings. The summed E-state index contributed by atoms with van der Waals surface area (Å²) in [6.45, 7) is 3.80. The molecule has 2 rings (SSSR count). The van der Waals surface area contributed by atoms with Crippen LogP contribution in [0.25, 0.3) is 0 Å². The van der Waals surface area contributed by atoms with Gasteiger partial charge in [0.2, 0.25) is 11.8 Å². The first kappa shape index (κ1) is 13.3. The highest BCUT2D eigenvalue weighted by Gasteiger charge is 2.39. The van der Waals surface area contributed by atoms with E-state index in [0.717, 1.165) is 6.42 Å². The molecule has 6 nitrogen and oxygen atoms in total. The topological polar surface area (TPSA) is 67.9 Å².